The predicted molar refractivity (Wildman–Crippen MR) is 77.7 cm³/mol. The zero-order valence-corrected chi connectivity index (χ0v) is 12.8. The number of hydrogen-bond acceptors (Lipinski definition) is 6. The maximum Gasteiger partial charge on any atom is 0.252 e. The van der Waals surface area contributed by atoms with Crippen molar-refractivity contribution in [2.45, 2.75) is 11.1 Å². The van der Waals surface area contributed by atoms with Crippen molar-refractivity contribution in [2.24, 2.45) is 10.9 Å². The zero-order valence-electron chi connectivity index (χ0n) is 11.2. The van der Waals surface area contributed by atoms with Crippen LogP contribution < -0.4 is 5.73 Å². The second kappa shape index (κ2) is 6.08. The van der Waals surface area contributed by atoms with Crippen molar-refractivity contribution in [1.82, 2.24) is 9.21 Å². The Labute approximate surface area is 122 Å². The molecule has 0 atom stereocenters. The van der Waals surface area contributed by atoms with Crippen LogP contribution in [0.1, 0.15) is 4.88 Å². The van der Waals surface area contributed by atoms with Crippen LogP contribution in [0.15, 0.2) is 21.5 Å². The van der Waals surface area contributed by atoms with E-state index in [0.29, 0.717) is 36.9 Å². The van der Waals surface area contributed by atoms with E-state index in [-0.39, 0.29) is 5.84 Å². The largest absolute Gasteiger partial charge is 0.409 e. The zero-order chi connectivity index (χ0) is 14.8. The summed E-state index contributed by atoms with van der Waals surface area (Å²) in [6, 6.07) is 3.46. The Bertz CT molecular complexity index is 589. The molecule has 0 radical (unpaired) electrons. The molecular weight excluding hydrogens is 300 g/mol. The third-order valence-corrected chi connectivity index (χ3v) is 6.52. The Hall–Kier alpha value is -1.16. The molecule has 0 saturated carbocycles. The van der Waals surface area contributed by atoms with E-state index in [2.05, 4.69) is 5.16 Å². The van der Waals surface area contributed by atoms with E-state index in [9.17, 15) is 8.42 Å². The summed E-state index contributed by atoms with van der Waals surface area (Å²) in [5.41, 5.74) is 5.45. The highest BCUT2D eigenvalue weighted by molar-refractivity contribution is 7.91. The second-order valence-electron chi connectivity index (χ2n) is 4.64. The molecule has 0 unspecified atom stereocenters. The van der Waals surface area contributed by atoms with Crippen LogP contribution in [0, 0.1) is 6.92 Å². The molecule has 7 nitrogen and oxygen atoms in total. The van der Waals surface area contributed by atoms with Crippen LogP contribution in [0.25, 0.3) is 0 Å². The first-order chi connectivity index (χ1) is 9.43. The lowest BCUT2D eigenvalue weighted by Gasteiger charge is -2.33. The van der Waals surface area contributed by atoms with Crippen LogP contribution in [0.4, 0.5) is 0 Å². The quantitative estimate of drug-likeness (QED) is 0.355. The Morgan fingerprint density at radius 1 is 1.40 bits per heavy atom. The summed E-state index contributed by atoms with van der Waals surface area (Å²) in [7, 11) is -3.38. The number of nitrogens with two attached hydrogens (primary N) is 1. The molecule has 3 N–H and O–H groups in total. The number of amidine groups is 1. The van der Waals surface area contributed by atoms with Gasteiger partial charge in [-0.25, -0.2) is 8.42 Å². The standard InChI is InChI=1S/C11H18N4O3S2/c1-9-2-3-11(19-9)20(17,18)15-6-4-14(5-7-15)8-10(12)13-16/h2-3,16H,4-8H2,1H3,(H2,12,13). The number of aryl methyl sites for hydroxylation is 1. The summed E-state index contributed by atoms with van der Waals surface area (Å²) >= 11 is 1.29. The van der Waals surface area contributed by atoms with Gasteiger partial charge in [-0.3, -0.25) is 4.90 Å². The van der Waals surface area contributed by atoms with Gasteiger partial charge < -0.3 is 10.9 Å². The molecule has 0 aromatic carbocycles. The van der Waals surface area contributed by atoms with Gasteiger partial charge in [-0.1, -0.05) is 5.16 Å². The van der Waals surface area contributed by atoms with Crippen LogP contribution in [0.2, 0.25) is 0 Å². The Morgan fingerprint density at radius 3 is 2.55 bits per heavy atom. The third kappa shape index (κ3) is 3.29. The highest BCUT2D eigenvalue weighted by Gasteiger charge is 2.29. The molecule has 1 aromatic heterocycles. The molecule has 0 amide bonds. The Kier molecular flexibility index (Phi) is 4.63. The van der Waals surface area contributed by atoms with E-state index in [4.69, 9.17) is 10.9 Å². The summed E-state index contributed by atoms with van der Waals surface area (Å²) < 4.78 is 26.7. The van der Waals surface area contributed by atoms with Gasteiger partial charge >= 0.3 is 0 Å². The summed E-state index contributed by atoms with van der Waals surface area (Å²) in [6.07, 6.45) is 0. The maximum absolute atomic E-state index is 12.4. The normalized spacial score (nSPS) is 19.4. The van der Waals surface area contributed by atoms with Crippen molar-refractivity contribution in [3.63, 3.8) is 0 Å². The van der Waals surface area contributed by atoms with Crippen molar-refractivity contribution in [3.05, 3.63) is 17.0 Å². The molecule has 9 heteroatoms. The van der Waals surface area contributed by atoms with Crippen LogP contribution in [0.5, 0.6) is 0 Å². The van der Waals surface area contributed by atoms with E-state index in [1.54, 1.807) is 6.07 Å². The molecule has 20 heavy (non-hydrogen) atoms. The number of sulfonamides is 1. The highest BCUT2D eigenvalue weighted by Crippen LogP contribution is 2.24. The van der Waals surface area contributed by atoms with E-state index in [1.165, 1.54) is 15.6 Å². The molecule has 0 aliphatic carbocycles. The number of hydrogen-bond donors (Lipinski definition) is 2. The van der Waals surface area contributed by atoms with Gasteiger partial charge in [-0.15, -0.1) is 11.3 Å². The summed E-state index contributed by atoms with van der Waals surface area (Å²) in [4.78, 5) is 2.94. The summed E-state index contributed by atoms with van der Waals surface area (Å²) in [5.74, 6) is 0.134. The molecule has 1 aliphatic rings. The van der Waals surface area contributed by atoms with Crippen LogP contribution >= 0.6 is 11.3 Å². The number of thiophene rings is 1. The first-order valence-electron chi connectivity index (χ1n) is 6.19. The maximum atomic E-state index is 12.4. The smallest absolute Gasteiger partial charge is 0.252 e. The SMILES string of the molecule is Cc1ccc(S(=O)(=O)N2CCN(CC(N)=NO)CC2)s1. The third-order valence-electron chi connectivity index (χ3n) is 3.16. The van der Waals surface area contributed by atoms with Gasteiger partial charge in [-0.2, -0.15) is 4.31 Å². The van der Waals surface area contributed by atoms with Crippen molar-refractivity contribution in [2.75, 3.05) is 32.7 Å². The van der Waals surface area contributed by atoms with Gasteiger partial charge in [0.2, 0.25) is 0 Å². The first kappa shape index (κ1) is 15.2. The molecule has 1 aromatic rings. The minimum absolute atomic E-state index is 0.134. The molecule has 112 valence electrons. The molecule has 2 rings (SSSR count). The van der Waals surface area contributed by atoms with Gasteiger partial charge in [0.25, 0.3) is 10.0 Å². The van der Waals surface area contributed by atoms with E-state index < -0.39 is 10.0 Å². The number of piperazine rings is 1. The number of nitrogens with zero attached hydrogens (tertiary/aromatic N) is 3. The lowest BCUT2D eigenvalue weighted by molar-refractivity contribution is 0.206. The van der Waals surface area contributed by atoms with E-state index in [1.807, 2.05) is 17.9 Å². The fourth-order valence-corrected chi connectivity index (χ4v) is 4.93. The lowest BCUT2D eigenvalue weighted by Crippen LogP contribution is -2.50. The second-order valence-corrected chi connectivity index (χ2v) is 8.09. The van der Waals surface area contributed by atoms with Gasteiger partial charge in [0.15, 0.2) is 5.84 Å². The molecule has 0 bridgehead atoms. The molecule has 1 fully saturated rings. The van der Waals surface area contributed by atoms with Crippen molar-refractivity contribution >= 4 is 27.2 Å². The summed E-state index contributed by atoms with van der Waals surface area (Å²) in [6.45, 7) is 4.21. The molecule has 0 spiro atoms. The van der Waals surface area contributed by atoms with Crippen molar-refractivity contribution in [1.29, 1.82) is 0 Å². The molecule has 2 heterocycles. The van der Waals surface area contributed by atoms with Crippen molar-refractivity contribution < 1.29 is 13.6 Å². The van der Waals surface area contributed by atoms with Crippen LogP contribution in [-0.4, -0.2) is 61.4 Å². The van der Waals surface area contributed by atoms with Crippen LogP contribution in [0.3, 0.4) is 0 Å². The van der Waals surface area contributed by atoms with Gasteiger partial charge in [0.05, 0.1) is 6.54 Å². The summed E-state index contributed by atoms with van der Waals surface area (Å²) in [5, 5.41) is 11.5. The van der Waals surface area contributed by atoms with Gasteiger partial charge in [0.1, 0.15) is 4.21 Å². The van der Waals surface area contributed by atoms with Gasteiger partial charge in [-0.05, 0) is 19.1 Å². The average molecular weight is 318 g/mol. The number of oxime groups is 1. The fourth-order valence-electron chi connectivity index (χ4n) is 2.07. The van der Waals surface area contributed by atoms with E-state index in [0.717, 1.165) is 4.88 Å². The molecular formula is C11H18N4O3S2. The average Bonchev–Trinajstić information content (AvgIpc) is 2.86. The fraction of sp³-hybridized carbons (Fsp3) is 0.545. The predicted octanol–water partition coefficient (Wildman–Crippen LogP) is 0.109. The Balaban J connectivity index is 2.00. The van der Waals surface area contributed by atoms with E-state index >= 15 is 0 Å². The topological polar surface area (TPSA) is 99.2 Å². The highest BCUT2D eigenvalue weighted by atomic mass is 32.2. The minimum atomic E-state index is -3.38. The van der Waals surface area contributed by atoms with Crippen molar-refractivity contribution in [3.8, 4) is 0 Å². The van der Waals surface area contributed by atoms with Gasteiger partial charge in [0, 0.05) is 31.1 Å². The Morgan fingerprint density at radius 2 is 2.05 bits per heavy atom. The first-order valence-corrected chi connectivity index (χ1v) is 8.44. The lowest BCUT2D eigenvalue weighted by atomic mass is 10.3. The minimum Gasteiger partial charge on any atom is -0.409 e. The molecule has 1 saturated heterocycles. The van der Waals surface area contributed by atoms with Crippen LogP contribution in [-0.2, 0) is 10.0 Å². The number of rotatable bonds is 4. The molecule has 1 aliphatic heterocycles. The monoisotopic (exact) mass is 318 g/mol.